The Morgan fingerprint density at radius 2 is 1.88 bits per heavy atom. The lowest BCUT2D eigenvalue weighted by Gasteiger charge is -2.10. The van der Waals surface area contributed by atoms with Gasteiger partial charge in [-0.25, -0.2) is 0 Å². The zero-order valence-electron chi connectivity index (χ0n) is 18.7. The van der Waals surface area contributed by atoms with Crippen molar-refractivity contribution < 1.29 is 14.1 Å². The van der Waals surface area contributed by atoms with Gasteiger partial charge in [-0.1, -0.05) is 58.2 Å². The number of nitrogens with one attached hydrogen (secondary N) is 1. The Bertz CT molecular complexity index is 1360. The highest BCUT2D eigenvalue weighted by atomic mass is 35.5. The summed E-state index contributed by atoms with van der Waals surface area (Å²) >= 11 is 18.5. The molecule has 2 heterocycles. The summed E-state index contributed by atoms with van der Waals surface area (Å²) in [6, 6.07) is 11.1. The van der Waals surface area contributed by atoms with E-state index < -0.39 is 5.91 Å². The van der Waals surface area contributed by atoms with E-state index >= 15 is 0 Å². The Morgan fingerprint density at radius 1 is 1.09 bits per heavy atom. The van der Waals surface area contributed by atoms with Crippen LogP contribution in [0.3, 0.4) is 0 Å². The van der Waals surface area contributed by atoms with E-state index in [1.165, 1.54) is 0 Å². The number of hydrogen-bond acceptors (Lipinski definition) is 5. The summed E-state index contributed by atoms with van der Waals surface area (Å²) in [5.41, 5.74) is 3.52. The van der Waals surface area contributed by atoms with Crippen LogP contribution in [0.15, 0.2) is 47.1 Å². The molecule has 2 aromatic carbocycles. The molecule has 0 spiro atoms. The molecule has 0 saturated carbocycles. The molecule has 176 valence electrons. The number of ether oxygens (including phenoxy) is 1. The smallest absolute Gasteiger partial charge is 0.279 e. The number of nitrogens with zero attached hydrogens (tertiary/aromatic N) is 3. The van der Waals surface area contributed by atoms with E-state index in [0.29, 0.717) is 27.9 Å². The van der Waals surface area contributed by atoms with Gasteiger partial charge in [0.05, 0.1) is 12.1 Å². The van der Waals surface area contributed by atoms with Crippen molar-refractivity contribution in [1.82, 2.24) is 14.9 Å². The van der Waals surface area contributed by atoms with Gasteiger partial charge in [0, 0.05) is 16.2 Å². The Labute approximate surface area is 211 Å². The number of hydrogen-bond donors (Lipinski definition) is 1. The summed E-state index contributed by atoms with van der Waals surface area (Å²) < 4.78 is 12.8. The van der Waals surface area contributed by atoms with Gasteiger partial charge in [0.15, 0.2) is 11.5 Å². The maximum absolute atomic E-state index is 13.0. The molecule has 10 heteroatoms. The highest BCUT2D eigenvalue weighted by Gasteiger charge is 2.22. The Kier molecular flexibility index (Phi) is 7.16. The molecule has 4 rings (SSSR count). The third-order valence-electron chi connectivity index (χ3n) is 5.21. The molecule has 0 unspecified atom stereocenters. The fourth-order valence-corrected chi connectivity index (χ4v) is 3.97. The normalized spacial score (nSPS) is 11.0. The minimum absolute atomic E-state index is 0.106. The first-order valence-electron chi connectivity index (χ1n) is 10.3. The molecule has 0 bridgehead atoms. The van der Waals surface area contributed by atoms with E-state index in [2.05, 4.69) is 15.6 Å². The molecule has 0 saturated heterocycles. The van der Waals surface area contributed by atoms with Crippen molar-refractivity contribution in [3.05, 3.63) is 91.4 Å². The maximum atomic E-state index is 13.0. The van der Waals surface area contributed by atoms with Crippen LogP contribution in [0.2, 0.25) is 15.1 Å². The van der Waals surface area contributed by atoms with E-state index in [1.54, 1.807) is 36.0 Å². The fourth-order valence-electron chi connectivity index (χ4n) is 3.31. The summed E-state index contributed by atoms with van der Waals surface area (Å²) in [5.74, 6) is 0.908. The molecule has 0 aliphatic heterocycles. The van der Waals surface area contributed by atoms with Crippen LogP contribution >= 0.6 is 34.8 Å². The maximum Gasteiger partial charge on any atom is 0.279 e. The first kappa shape index (κ1) is 24.1. The lowest BCUT2D eigenvalue weighted by Crippen LogP contribution is -2.16. The first-order valence-corrected chi connectivity index (χ1v) is 11.5. The summed E-state index contributed by atoms with van der Waals surface area (Å²) in [4.78, 5) is 13.0. The molecule has 0 aliphatic carbocycles. The van der Waals surface area contributed by atoms with Gasteiger partial charge in [0.2, 0.25) is 0 Å². The number of carbonyl (C=O) groups excluding carboxylic acids is 1. The second-order valence-corrected chi connectivity index (χ2v) is 9.09. The van der Waals surface area contributed by atoms with E-state index in [-0.39, 0.29) is 23.1 Å². The molecule has 0 atom stereocenters. The van der Waals surface area contributed by atoms with Gasteiger partial charge < -0.3 is 14.6 Å². The topological polar surface area (TPSA) is 82.2 Å². The van der Waals surface area contributed by atoms with Crippen LogP contribution in [0.1, 0.15) is 38.5 Å². The highest BCUT2D eigenvalue weighted by Crippen LogP contribution is 2.26. The molecule has 0 fully saturated rings. The van der Waals surface area contributed by atoms with Crippen molar-refractivity contribution >= 4 is 46.5 Å². The van der Waals surface area contributed by atoms with Gasteiger partial charge >= 0.3 is 0 Å². The average Bonchev–Trinajstić information content (AvgIpc) is 3.32. The molecule has 7 nitrogen and oxygen atoms in total. The summed E-state index contributed by atoms with van der Waals surface area (Å²) in [6.07, 6.45) is 1.60. The predicted octanol–water partition coefficient (Wildman–Crippen LogP) is 6.64. The number of anilines is 1. The van der Waals surface area contributed by atoms with Crippen molar-refractivity contribution in [1.29, 1.82) is 0 Å². The summed E-state index contributed by atoms with van der Waals surface area (Å²) in [6.45, 7) is 6.14. The molecule has 1 amide bonds. The number of halogens is 3. The molecule has 2 aromatic heterocycles. The summed E-state index contributed by atoms with van der Waals surface area (Å²) in [5, 5.41) is 12.3. The molecule has 0 aliphatic rings. The van der Waals surface area contributed by atoms with Gasteiger partial charge in [-0.2, -0.15) is 5.10 Å². The second-order valence-electron chi connectivity index (χ2n) is 7.84. The molecular formula is C24H21Cl3N4O3. The van der Waals surface area contributed by atoms with Crippen molar-refractivity contribution in [2.75, 3.05) is 5.32 Å². The van der Waals surface area contributed by atoms with Crippen LogP contribution in [0.5, 0.6) is 5.75 Å². The van der Waals surface area contributed by atoms with Crippen molar-refractivity contribution in [3.8, 4) is 5.75 Å². The van der Waals surface area contributed by atoms with E-state index in [1.807, 2.05) is 32.0 Å². The Balaban J connectivity index is 1.49. The lowest BCUT2D eigenvalue weighted by atomic mass is 10.1. The number of aromatic nitrogens is 3. The van der Waals surface area contributed by atoms with Crippen molar-refractivity contribution in [2.45, 2.75) is 33.9 Å². The lowest BCUT2D eigenvalue weighted by molar-refractivity contribution is 0.101. The van der Waals surface area contributed by atoms with Crippen LogP contribution in [-0.2, 0) is 13.2 Å². The molecule has 1 N–H and O–H groups in total. The standard InChI is InChI=1S/C24H21Cl3N4O3/c1-13-4-5-14(2)21(8-13)33-12-18-15(3)34-30-22(18)24(32)28-23-20(27)11-31(29-23)10-16-6-7-17(25)9-19(16)26/h4-9,11H,10,12H2,1-3H3,(H,28,29,32). The zero-order valence-corrected chi connectivity index (χ0v) is 20.9. The largest absolute Gasteiger partial charge is 0.488 e. The molecule has 4 aromatic rings. The van der Waals surface area contributed by atoms with Gasteiger partial charge in [0.25, 0.3) is 5.91 Å². The Morgan fingerprint density at radius 3 is 2.65 bits per heavy atom. The summed E-state index contributed by atoms with van der Waals surface area (Å²) in [7, 11) is 0. The number of benzene rings is 2. The van der Waals surface area contributed by atoms with Gasteiger partial charge in [-0.15, -0.1) is 0 Å². The third-order valence-corrected chi connectivity index (χ3v) is 6.08. The predicted molar refractivity (Wildman–Crippen MR) is 132 cm³/mol. The fraction of sp³-hybridized carbons (Fsp3) is 0.208. The van der Waals surface area contributed by atoms with Gasteiger partial charge in [0.1, 0.15) is 23.1 Å². The van der Waals surface area contributed by atoms with Crippen molar-refractivity contribution in [2.24, 2.45) is 0 Å². The zero-order chi connectivity index (χ0) is 24.4. The van der Waals surface area contributed by atoms with E-state index in [4.69, 9.17) is 44.1 Å². The van der Waals surface area contributed by atoms with Gasteiger partial charge in [-0.05, 0) is 55.7 Å². The highest BCUT2D eigenvalue weighted by molar-refractivity contribution is 6.35. The Hall–Kier alpha value is -3.00. The minimum atomic E-state index is -0.506. The molecular weight excluding hydrogens is 499 g/mol. The van der Waals surface area contributed by atoms with Crippen molar-refractivity contribution in [3.63, 3.8) is 0 Å². The SMILES string of the molecule is Cc1ccc(C)c(OCc2c(C(=O)Nc3nn(Cc4ccc(Cl)cc4Cl)cc3Cl)noc2C)c1. The number of rotatable bonds is 7. The quantitative estimate of drug-likeness (QED) is 0.296. The molecule has 34 heavy (non-hydrogen) atoms. The monoisotopic (exact) mass is 518 g/mol. The van der Waals surface area contributed by atoms with Crippen LogP contribution in [0.25, 0.3) is 0 Å². The van der Waals surface area contributed by atoms with Crippen LogP contribution < -0.4 is 10.1 Å². The third kappa shape index (κ3) is 5.38. The first-order chi connectivity index (χ1) is 16.2. The average molecular weight is 520 g/mol. The van der Waals surface area contributed by atoms with Crippen LogP contribution in [0, 0.1) is 20.8 Å². The number of aryl methyl sites for hydroxylation is 3. The molecule has 0 radical (unpaired) electrons. The van der Waals surface area contributed by atoms with E-state index in [0.717, 1.165) is 22.4 Å². The van der Waals surface area contributed by atoms with E-state index in [9.17, 15) is 4.79 Å². The second kappa shape index (κ2) is 10.1. The van der Waals surface area contributed by atoms with Crippen LogP contribution in [-0.4, -0.2) is 20.8 Å². The minimum Gasteiger partial charge on any atom is -0.488 e. The number of amides is 1. The van der Waals surface area contributed by atoms with Crippen LogP contribution in [0.4, 0.5) is 5.82 Å². The number of carbonyl (C=O) groups is 1. The van der Waals surface area contributed by atoms with Gasteiger partial charge in [-0.3, -0.25) is 9.48 Å².